The molecule has 3 N–H and O–H groups in total. The third kappa shape index (κ3) is 3.50. The average Bonchev–Trinajstić information content (AvgIpc) is 2.19. The normalized spacial score (nSPS) is 9.94. The van der Waals surface area contributed by atoms with E-state index in [1.807, 2.05) is 22.6 Å². The zero-order chi connectivity index (χ0) is 12.3. The summed E-state index contributed by atoms with van der Waals surface area (Å²) < 4.78 is 0.575. The van der Waals surface area contributed by atoms with E-state index in [1.165, 1.54) is 12.1 Å². The first-order valence-corrected chi connectivity index (χ1v) is 5.96. The zero-order valence-corrected chi connectivity index (χ0v) is 11.6. The fourth-order valence-corrected chi connectivity index (χ4v) is 2.03. The van der Waals surface area contributed by atoms with Crippen LogP contribution >= 0.6 is 45.8 Å². The second kappa shape index (κ2) is 5.70. The molecule has 0 aliphatic heterocycles. The Morgan fingerprint density at radius 2 is 2.00 bits per heavy atom. The highest BCUT2D eigenvalue weighted by atomic mass is 127. The smallest absolute Gasteiger partial charge is 0.252 e. The van der Waals surface area contributed by atoms with Gasteiger partial charge in [-0.15, -0.1) is 0 Å². The molecule has 1 aromatic rings. The number of amides is 2. The van der Waals surface area contributed by atoms with Gasteiger partial charge in [-0.05, 0) is 34.7 Å². The van der Waals surface area contributed by atoms with E-state index in [2.05, 4.69) is 5.32 Å². The van der Waals surface area contributed by atoms with Crippen LogP contribution in [0.2, 0.25) is 10.0 Å². The number of rotatable bonds is 3. The molecule has 0 aromatic heterocycles. The summed E-state index contributed by atoms with van der Waals surface area (Å²) in [5.74, 6) is -1.05. The minimum absolute atomic E-state index is 0.223. The van der Waals surface area contributed by atoms with Crippen molar-refractivity contribution in [2.24, 2.45) is 5.73 Å². The summed E-state index contributed by atoms with van der Waals surface area (Å²) in [5, 5.41) is 3.10. The summed E-state index contributed by atoms with van der Waals surface area (Å²) in [5.41, 5.74) is 5.23. The largest absolute Gasteiger partial charge is 0.368 e. The van der Waals surface area contributed by atoms with Gasteiger partial charge in [-0.25, -0.2) is 0 Å². The fraction of sp³-hybridized carbons (Fsp3) is 0.111. The Morgan fingerprint density at radius 1 is 1.38 bits per heavy atom. The molecule has 0 aliphatic carbocycles. The number of hydrogen-bond donors (Lipinski definition) is 2. The predicted molar refractivity (Wildman–Crippen MR) is 70.7 cm³/mol. The molecule has 7 heteroatoms. The predicted octanol–water partition coefficient (Wildman–Crippen LogP) is 1.81. The molecule has 0 bridgehead atoms. The lowest BCUT2D eigenvalue weighted by Crippen LogP contribution is -2.33. The van der Waals surface area contributed by atoms with E-state index in [0.717, 1.165) is 0 Å². The molecule has 1 aromatic carbocycles. The summed E-state index contributed by atoms with van der Waals surface area (Å²) >= 11 is 13.6. The second-order valence-electron chi connectivity index (χ2n) is 2.90. The van der Waals surface area contributed by atoms with Gasteiger partial charge in [0.05, 0.1) is 17.1 Å². The van der Waals surface area contributed by atoms with Crippen molar-refractivity contribution in [2.45, 2.75) is 0 Å². The molecule has 4 nitrogen and oxygen atoms in total. The number of nitrogens with two attached hydrogens (primary N) is 1. The number of halogens is 3. The quantitative estimate of drug-likeness (QED) is 0.627. The summed E-state index contributed by atoms with van der Waals surface area (Å²) in [6.07, 6.45) is 0. The van der Waals surface area contributed by atoms with Gasteiger partial charge in [-0.3, -0.25) is 9.59 Å². The lowest BCUT2D eigenvalue weighted by atomic mass is 10.2. The number of carbonyl (C=O) groups is 2. The van der Waals surface area contributed by atoms with Gasteiger partial charge in [-0.1, -0.05) is 23.2 Å². The molecule has 0 atom stereocenters. The lowest BCUT2D eigenvalue weighted by Gasteiger charge is -2.07. The van der Waals surface area contributed by atoms with Crippen LogP contribution < -0.4 is 11.1 Å². The number of nitrogens with one attached hydrogen (secondary N) is 1. The molecule has 0 radical (unpaired) electrons. The minimum atomic E-state index is -0.614. The molecule has 0 heterocycles. The lowest BCUT2D eigenvalue weighted by molar-refractivity contribution is -0.117. The molecule has 0 saturated carbocycles. The number of primary amides is 1. The highest BCUT2D eigenvalue weighted by Crippen LogP contribution is 2.26. The first kappa shape index (κ1) is 13.5. The Hall–Kier alpha value is -0.530. The van der Waals surface area contributed by atoms with Crippen LogP contribution in [0.15, 0.2) is 12.1 Å². The van der Waals surface area contributed by atoms with Crippen molar-refractivity contribution < 1.29 is 9.59 Å². The van der Waals surface area contributed by atoms with Crippen LogP contribution in [0, 0.1) is 3.57 Å². The van der Waals surface area contributed by atoms with Gasteiger partial charge in [0.25, 0.3) is 5.91 Å². The van der Waals surface area contributed by atoms with Crippen molar-refractivity contribution in [1.29, 1.82) is 0 Å². The summed E-state index contributed by atoms with van der Waals surface area (Å²) in [7, 11) is 0. The Kier molecular flexibility index (Phi) is 4.82. The van der Waals surface area contributed by atoms with E-state index in [0.29, 0.717) is 19.2 Å². The SMILES string of the molecule is NC(=O)CNC(=O)c1cc(Cl)cc(Cl)c1I. The molecule has 16 heavy (non-hydrogen) atoms. The minimum Gasteiger partial charge on any atom is -0.368 e. The van der Waals surface area contributed by atoms with Crippen LogP contribution in [0.3, 0.4) is 0 Å². The second-order valence-corrected chi connectivity index (χ2v) is 4.82. The molecular weight excluding hydrogens is 366 g/mol. The fourth-order valence-electron chi connectivity index (χ4n) is 0.984. The first-order chi connectivity index (χ1) is 7.41. The molecular formula is C9H7Cl2IN2O2. The van der Waals surface area contributed by atoms with Crippen molar-refractivity contribution in [1.82, 2.24) is 5.32 Å². The summed E-state index contributed by atoms with van der Waals surface area (Å²) in [4.78, 5) is 22.1. The Labute approximate surface area is 116 Å². The van der Waals surface area contributed by atoms with Gasteiger partial charge in [-0.2, -0.15) is 0 Å². The Bertz CT molecular complexity index is 451. The van der Waals surface area contributed by atoms with Gasteiger partial charge in [0, 0.05) is 8.59 Å². The van der Waals surface area contributed by atoms with Crippen LogP contribution in [0.5, 0.6) is 0 Å². The van der Waals surface area contributed by atoms with Crippen LogP contribution in [0.4, 0.5) is 0 Å². The molecule has 0 aliphatic rings. The average molecular weight is 373 g/mol. The van der Waals surface area contributed by atoms with E-state index < -0.39 is 11.8 Å². The third-order valence-electron chi connectivity index (χ3n) is 1.66. The van der Waals surface area contributed by atoms with E-state index >= 15 is 0 Å². The van der Waals surface area contributed by atoms with Crippen molar-refractivity contribution in [3.63, 3.8) is 0 Å². The number of benzene rings is 1. The van der Waals surface area contributed by atoms with Crippen molar-refractivity contribution in [3.8, 4) is 0 Å². The van der Waals surface area contributed by atoms with Gasteiger partial charge in [0.15, 0.2) is 0 Å². The Morgan fingerprint density at radius 3 is 2.56 bits per heavy atom. The number of hydrogen-bond acceptors (Lipinski definition) is 2. The third-order valence-corrected chi connectivity index (χ3v) is 3.66. The molecule has 0 spiro atoms. The van der Waals surface area contributed by atoms with Gasteiger partial charge < -0.3 is 11.1 Å². The molecule has 0 saturated heterocycles. The van der Waals surface area contributed by atoms with Gasteiger partial charge in [0.1, 0.15) is 0 Å². The summed E-state index contributed by atoms with van der Waals surface area (Å²) in [6, 6.07) is 3.02. The van der Waals surface area contributed by atoms with Crippen LogP contribution in [0.1, 0.15) is 10.4 Å². The van der Waals surface area contributed by atoms with Gasteiger partial charge in [0.2, 0.25) is 5.91 Å². The monoisotopic (exact) mass is 372 g/mol. The van der Waals surface area contributed by atoms with E-state index in [4.69, 9.17) is 28.9 Å². The van der Waals surface area contributed by atoms with Crippen LogP contribution in [-0.2, 0) is 4.79 Å². The highest BCUT2D eigenvalue weighted by molar-refractivity contribution is 14.1. The maximum absolute atomic E-state index is 11.6. The maximum Gasteiger partial charge on any atom is 0.252 e. The van der Waals surface area contributed by atoms with Gasteiger partial charge >= 0.3 is 0 Å². The molecule has 0 fully saturated rings. The van der Waals surface area contributed by atoms with E-state index in [1.54, 1.807) is 0 Å². The standard InChI is InChI=1S/C9H7Cl2IN2O2/c10-4-1-5(8(12)6(11)2-4)9(16)14-3-7(13)15/h1-2H,3H2,(H2,13,15)(H,14,16). The molecule has 86 valence electrons. The van der Waals surface area contributed by atoms with Crippen molar-refractivity contribution in [3.05, 3.63) is 31.3 Å². The zero-order valence-electron chi connectivity index (χ0n) is 7.89. The highest BCUT2D eigenvalue weighted by Gasteiger charge is 2.14. The first-order valence-electron chi connectivity index (χ1n) is 4.13. The van der Waals surface area contributed by atoms with Crippen molar-refractivity contribution >= 4 is 57.6 Å². The van der Waals surface area contributed by atoms with E-state index in [-0.39, 0.29) is 6.54 Å². The number of carbonyl (C=O) groups excluding carboxylic acids is 2. The molecule has 0 unspecified atom stereocenters. The molecule has 1 rings (SSSR count). The van der Waals surface area contributed by atoms with Crippen LogP contribution in [0.25, 0.3) is 0 Å². The Balaban J connectivity index is 2.95. The van der Waals surface area contributed by atoms with Crippen molar-refractivity contribution in [2.75, 3.05) is 6.54 Å². The summed E-state index contributed by atoms with van der Waals surface area (Å²) in [6.45, 7) is -0.223. The molecule has 2 amide bonds. The van der Waals surface area contributed by atoms with Crippen LogP contribution in [-0.4, -0.2) is 18.4 Å². The maximum atomic E-state index is 11.6. The topological polar surface area (TPSA) is 72.2 Å². The van der Waals surface area contributed by atoms with E-state index in [9.17, 15) is 9.59 Å².